The van der Waals surface area contributed by atoms with E-state index in [1.165, 1.54) is 5.56 Å². The molecular formula is C10H15NO. The minimum Gasteiger partial charge on any atom is -0.392 e. The fraction of sp³-hybridized carbons (Fsp3) is 0.400. The van der Waals surface area contributed by atoms with Crippen LogP contribution in [0, 0.1) is 13.8 Å². The Bertz CT molecular complexity index is 281. The highest BCUT2D eigenvalue weighted by Gasteiger charge is 2.03. The third-order valence-corrected chi connectivity index (χ3v) is 2.09. The average molecular weight is 165 g/mol. The molecule has 0 spiro atoms. The summed E-state index contributed by atoms with van der Waals surface area (Å²) in [6.07, 6.45) is 0. The van der Waals surface area contributed by atoms with Crippen LogP contribution in [0.15, 0.2) is 12.1 Å². The zero-order chi connectivity index (χ0) is 9.14. The van der Waals surface area contributed by atoms with Gasteiger partial charge in [-0.2, -0.15) is 0 Å². The first kappa shape index (κ1) is 9.23. The number of aryl methyl sites for hydroxylation is 2. The summed E-state index contributed by atoms with van der Waals surface area (Å²) in [7, 11) is 0. The van der Waals surface area contributed by atoms with Crippen LogP contribution >= 0.6 is 0 Å². The summed E-state index contributed by atoms with van der Waals surface area (Å²) in [6.45, 7) is 4.61. The first-order valence-corrected chi connectivity index (χ1v) is 4.09. The monoisotopic (exact) mass is 165 g/mol. The van der Waals surface area contributed by atoms with Gasteiger partial charge < -0.3 is 10.8 Å². The molecule has 0 aliphatic heterocycles. The van der Waals surface area contributed by atoms with E-state index in [4.69, 9.17) is 10.8 Å². The molecule has 12 heavy (non-hydrogen) atoms. The molecule has 0 saturated carbocycles. The molecule has 0 saturated heterocycles. The molecule has 0 bridgehead atoms. The topological polar surface area (TPSA) is 46.2 Å². The lowest BCUT2D eigenvalue weighted by molar-refractivity contribution is 0.280. The SMILES string of the molecule is Cc1cc(C)c(CO)c(CN)c1. The summed E-state index contributed by atoms with van der Waals surface area (Å²) >= 11 is 0. The first-order valence-electron chi connectivity index (χ1n) is 4.09. The Balaban J connectivity index is 3.24. The van der Waals surface area contributed by atoms with Crippen molar-refractivity contribution in [2.45, 2.75) is 27.0 Å². The second kappa shape index (κ2) is 3.70. The van der Waals surface area contributed by atoms with E-state index in [0.29, 0.717) is 6.54 Å². The molecule has 0 fully saturated rings. The van der Waals surface area contributed by atoms with Crippen LogP contribution in [-0.2, 0) is 13.2 Å². The van der Waals surface area contributed by atoms with Crippen molar-refractivity contribution in [1.29, 1.82) is 0 Å². The molecule has 0 unspecified atom stereocenters. The van der Waals surface area contributed by atoms with Crippen LogP contribution in [0.1, 0.15) is 22.3 Å². The fourth-order valence-electron chi connectivity index (χ4n) is 1.49. The predicted molar refractivity (Wildman–Crippen MR) is 49.7 cm³/mol. The van der Waals surface area contributed by atoms with Crippen LogP contribution in [0.25, 0.3) is 0 Å². The predicted octanol–water partition coefficient (Wildman–Crippen LogP) is 1.25. The molecule has 2 nitrogen and oxygen atoms in total. The van der Waals surface area contributed by atoms with Crippen molar-refractivity contribution >= 4 is 0 Å². The first-order chi connectivity index (χ1) is 5.69. The number of hydrogen-bond donors (Lipinski definition) is 2. The number of benzene rings is 1. The lowest BCUT2D eigenvalue weighted by Gasteiger charge is -2.09. The van der Waals surface area contributed by atoms with E-state index in [1.807, 2.05) is 19.9 Å². The molecule has 0 heterocycles. The molecule has 0 radical (unpaired) electrons. The zero-order valence-corrected chi connectivity index (χ0v) is 7.59. The maximum atomic E-state index is 9.07. The molecule has 0 aliphatic carbocycles. The van der Waals surface area contributed by atoms with Gasteiger partial charge in [0.2, 0.25) is 0 Å². The largest absolute Gasteiger partial charge is 0.392 e. The summed E-state index contributed by atoms with van der Waals surface area (Å²) < 4.78 is 0. The highest BCUT2D eigenvalue weighted by atomic mass is 16.3. The van der Waals surface area contributed by atoms with Crippen molar-refractivity contribution in [1.82, 2.24) is 0 Å². The van der Waals surface area contributed by atoms with Crippen LogP contribution in [0.4, 0.5) is 0 Å². The van der Waals surface area contributed by atoms with Crippen LogP contribution in [0.3, 0.4) is 0 Å². The summed E-state index contributed by atoms with van der Waals surface area (Å²) in [5.74, 6) is 0. The molecule has 0 atom stereocenters. The van der Waals surface area contributed by atoms with E-state index in [-0.39, 0.29) is 6.61 Å². The third-order valence-electron chi connectivity index (χ3n) is 2.09. The van der Waals surface area contributed by atoms with Crippen LogP contribution in [0.2, 0.25) is 0 Å². The van der Waals surface area contributed by atoms with E-state index in [0.717, 1.165) is 16.7 Å². The van der Waals surface area contributed by atoms with Crippen molar-refractivity contribution in [2.75, 3.05) is 0 Å². The summed E-state index contributed by atoms with van der Waals surface area (Å²) in [5.41, 5.74) is 9.90. The van der Waals surface area contributed by atoms with E-state index < -0.39 is 0 Å². The molecule has 3 N–H and O–H groups in total. The average Bonchev–Trinajstić information content (AvgIpc) is 2.03. The minimum atomic E-state index is 0.0820. The Kier molecular flexibility index (Phi) is 2.84. The molecule has 0 amide bonds. The maximum absolute atomic E-state index is 9.07. The zero-order valence-electron chi connectivity index (χ0n) is 7.59. The standard InChI is InChI=1S/C10H15NO/c1-7-3-8(2)10(6-12)9(4-7)5-11/h3-4,12H,5-6,11H2,1-2H3. The van der Waals surface area contributed by atoms with E-state index >= 15 is 0 Å². The molecule has 1 rings (SSSR count). The Labute approximate surface area is 73.0 Å². The van der Waals surface area contributed by atoms with Crippen molar-refractivity contribution in [3.05, 3.63) is 34.4 Å². The Hall–Kier alpha value is -0.860. The maximum Gasteiger partial charge on any atom is 0.0687 e. The van der Waals surface area contributed by atoms with Gasteiger partial charge in [-0.05, 0) is 30.5 Å². The quantitative estimate of drug-likeness (QED) is 0.693. The van der Waals surface area contributed by atoms with E-state index in [2.05, 4.69) is 6.07 Å². The van der Waals surface area contributed by atoms with Gasteiger partial charge in [-0.3, -0.25) is 0 Å². The van der Waals surface area contributed by atoms with Gasteiger partial charge in [-0.1, -0.05) is 17.7 Å². The Morgan fingerprint density at radius 3 is 2.50 bits per heavy atom. The van der Waals surface area contributed by atoms with Gasteiger partial charge in [0.05, 0.1) is 6.61 Å². The summed E-state index contributed by atoms with van der Waals surface area (Å²) in [6, 6.07) is 4.09. The lowest BCUT2D eigenvalue weighted by atomic mass is 9.99. The number of hydrogen-bond acceptors (Lipinski definition) is 2. The number of aliphatic hydroxyl groups is 1. The molecule has 1 aromatic rings. The van der Waals surface area contributed by atoms with Crippen molar-refractivity contribution in [2.24, 2.45) is 5.73 Å². The molecule has 2 heteroatoms. The van der Waals surface area contributed by atoms with Gasteiger partial charge in [0.15, 0.2) is 0 Å². The van der Waals surface area contributed by atoms with Crippen molar-refractivity contribution in [3.8, 4) is 0 Å². The van der Waals surface area contributed by atoms with Gasteiger partial charge >= 0.3 is 0 Å². The van der Waals surface area contributed by atoms with Crippen LogP contribution in [-0.4, -0.2) is 5.11 Å². The molecule has 1 aromatic carbocycles. The number of aliphatic hydroxyl groups excluding tert-OH is 1. The van der Waals surface area contributed by atoms with Crippen molar-refractivity contribution in [3.63, 3.8) is 0 Å². The lowest BCUT2D eigenvalue weighted by Crippen LogP contribution is -2.04. The molecular weight excluding hydrogens is 150 g/mol. The Morgan fingerprint density at radius 2 is 2.00 bits per heavy atom. The highest BCUT2D eigenvalue weighted by Crippen LogP contribution is 2.16. The van der Waals surface area contributed by atoms with Crippen LogP contribution in [0.5, 0.6) is 0 Å². The third kappa shape index (κ3) is 1.65. The number of rotatable bonds is 2. The normalized spacial score (nSPS) is 10.3. The summed E-state index contributed by atoms with van der Waals surface area (Å²) in [4.78, 5) is 0. The van der Waals surface area contributed by atoms with Gasteiger partial charge in [0.1, 0.15) is 0 Å². The summed E-state index contributed by atoms with van der Waals surface area (Å²) in [5, 5.41) is 9.07. The van der Waals surface area contributed by atoms with Gasteiger partial charge in [0, 0.05) is 6.54 Å². The smallest absolute Gasteiger partial charge is 0.0687 e. The second-order valence-corrected chi connectivity index (χ2v) is 3.08. The molecule has 0 aliphatic rings. The Morgan fingerprint density at radius 1 is 1.33 bits per heavy atom. The fourth-order valence-corrected chi connectivity index (χ4v) is 1.49. The molecule has 0 aromatic heterocycles. The second-order valence-electron chi connectivity index (χ2n) is 3.08. The highest BCUT2D eigenvalue weighted by molar-refractivity contribution is 5.37. The van der Waals surface area contributed by atoms with Gasteiger partial charge in [-0.25, -0.2) is 0 Å². The minimum absolute atomic E-state index is 0.0820. The van der Waals surface area contributed by atoms with Crippen molar-refractivity contribution < 1.29 is 5.11 Å². The van der Waals surface area contributed by atoms with Crippen LogP contribution < -0.4 is 5.73 Å². The molecule has 66 valence electrons. The van der Waals surface area contributed by atoms with Gasteiger partial charge in [0.25, 0.3) is 0 Å². The van der Waals surface area contributed by atoms with E-state index in [9.17, 15) is 0 Å². The van der Waals surface area contributed by atoms with Gasteiger partial charge in [-0.15, -0.1) is 0 Å². The van der Waals surface area contributed by atoms with E-state index in [1.54, 1.807) is 0 Å². The number of nitrogens with two attached hydrogens (primary N) is 1.